The minimum Gasteiger partial charge on any atom is -0.368 e. The second-order valence-electron chi connectivity index (χ2n) is 7.92. The lowest BCUT2D eigenvalue weighted by molar-refractivity contribution is -0.144. The highest BCUT2D eigenvalue weighted by Crippen LogP contribution is 2.23. The molecule has 2 aliphatic rings. The summed E-state index contributed by atoms with van der Waals surface area (Å²) in [5.74, 6) is -0.0381. The van der Waals surface area contributed by atoms with E-state index < -0.39 is 0 Å². The molecule has 0 N–H and O–H groups in total. The van der Waals surface area contributed by atoms with E-state index in [0.717, 1.165) is 29.7 Å². The Labute approximate surface area is 187 Å². The number of carbonyl (C=O) groups is 2. The predicted octanol–water partition coefficient (Wildman–Crippen LogP) is 2.76. The van der Waals surface area contributed by atoms with Crippen LogP contribution in [0.5, 0.6) is 0 Å². The summed E-state index contributed by atoms with van der Waals surface area (Å²) in [6.45, 7) is 5.21. The van der Waals surface area contributed by atoms with Gasteiger partial charge in [-0.25, -0.2) is 4.68 Å². The molecule has 1 aromatic heterocycles. The Kier molecular flexibility index (Phi) is 6.73. The lowest BCUT2D eigenvalue weighted by atomic mass is 10.2. The smallest absolute Gasteiger partial charge is 0.251 e. The number of hydrogen-bond acceptors (Lipinski definition) is 4. The highest BCUT2D eigenvalue weighted by molar-refractivity contribution is 6.31. The highest BCUT2D eigenvalue weighted by atomic mass is 35.5. The summed E-state index contributed by atoms with van der Waals surface area (Å²) in [5, 5.41) is 5.03. The molecular formula is C23H27ClN4O3. The monoisotopic (exact) mass is 442 g/mol. The second kappa shape index (κ2) is 9.66. The molecule has 2 aliphatic heterocycles. The number of ether oxygens (including phenoxy) is 1. The molecule has 7 nitrogen and oxygen atoms in total. The van der Waals surface area contributed by atoms with Gasteiger partial charge in [-0.3, -0.25) is 9.59 Å². The molecule has 0 spiro atoms. The zero-order chi connectivity index (χ0) is 21.8. The lowest BCUT2D eigenvalue weighted by Gasteiger charge is -2.35. The van der Waals surface area contributed by atoms with Crippen molar-refractivity contribution in [2.24, 2.45) is 0 Å². The van der Waals surface area contributed by atoms with Gasteiger partial charge in [0.15, 0.2) is 0 Å². The topological polar surface area (TPSA) is 67.7 Å². The maximum atomic E-state index is 12.7. The summed E-state index contributed by atoms with van der Waals surface area (Å²) in [4.78, 5) is 28.7. The number of aromatic nitrogens is 2. The Morgan fingerprint density at radius 2 is 1.87 bits per heavy atom. The van der Waals surface area contributed by atoms with Crippen LogP contribution < -0.4 is 0 Å². The van der Waals surface area contributed by atoms with Crippen molar-refractivity contribution in [2.45, 2.75) is 32.4 Å². The molecule has 2 fully saturated rings. The highest BCUT2D eigenvalue weighted by Gasteiger charge is 2.31. The molecule has 0 bridgehead atoms. The first kappa shape index (κ1) is 21.6. The SMILES string of the molecule is Cc1nn(Cc2ccccc2)c(Cl)c1C=CC(=O)N1CCN(C(=O)C2CCCO2)CC1. The van der Waals surface area contributed by atoms with E-state index in [4.69, 9.17) is 16.3 Å². The fourth-order valence-corrected chi connectivity index (χ4v) is 4.30. The van der Waals surface area contributed by atoms with Gasteiger partial charge in [0, 0.05) is 44.4 Å². The van der Waals surface area contributed by atoms with Crippen LogP contribution in [0.15, 0.2) is 36.4 Å². The largest absolute Gasteiger partial charge is 0.368 e. The Hall–Kier alpha value is -2.64. The van der Waals surface area contributed by atoms with Gasteiger partial charge in [-0.2, -0.15) is 5.10 Å². The van der Waals surface area contributed by atoms with Crippen molar-refractivity contribution in [3.63, 3.8) is 0 Å². The minimum atomic E-state index is -0.306. The Balaban J connectivity index is 1.35. The van der Waals surface area contributed by atoms with Crippen molar-refractivity contribution in [1.82, 2.24) is 19.6 Å². The molecular weight excluding hydrogens is 416 g/mol. The number of amides is 2. The average molecular weight is 443 g/mol. The van der Waals surface area contributed by atoms with Crippen molar-refractivity contribution in [1.29, 1.82) is 0 Å². The summed E-state index contributed by atoms with van der Waals surface area (Å²) in [7, 11) is 0. The maximum Gasteiger partial charge on any atom is 0.251 e. The van der Waals surface area contributed by atoms with E-state index in [-0.39, 0.29) is 17.9 Å². The van der Waals surface area contributed by atoms with Crippen molar-refractivity contribution in [3.8, 4) is 0 Å². The van der Waals surface area contributed by atoms with Crippen LogP contribution in [-0.2, 0) is 20.9 Å². The average Bonchev–Trinajstić information content (AvgIpc) is 3.42. The molecule has 0 aliphatic carbocycles. The first-order valence-corrected chi connectivity index (χ1v) is 11.0. The molecule has 0 radical (unpaired) electrons. The van der Waals surface area contributed by atoms with Gasteiger partial charge in [-0.05, 0) is 31.4 Å². The van der Waals surface area contributed by atoms with Gasteiger partial charge in [0.05, 0.1) is 12.2 Å². The second-order valence-corrected chi connectivity index (χ2v) is 8.28. The van der Waals surface area contributed by atoms with Crippen LogP contribution in [0.4, 0.5) is 0 Å². The van der Waals surface area contributed by atoms with E-state index in [1.54, 1.807) is 26.6 Å². The van der Waals surface area contributed by atoms with Crippen molar-refractivity contribution < 1.29 is 14.3 Å². The van der Waals surface area contributed by atoms with Gasteiger partial charge in [-0.1, -0.05) is 41.9 Å². The number of benzene rings is 1. The lowest BCUT2D eigenvalue weighted by Crippen LogP contribution is -2.52. The van der Waals surface area contributed by atoms with Gasteiger partial charge in [0.2, 0.25) is 5.91 Å². The molecule has 0 saturated carbocycles. The molecule has 8 heteroatoms. The van der Waals surface area contributed by atoms with Crippen LogP contribution in [-0.4, -0.2) is 70.3 Å². The zero-order valence-corrected chi connectivity index (χ0v) is 18.4. The summed E-state index contributed by atoms with van der Waals surface area (Å²) in [6.07, 6.45) is 4.70. The zero-order valence-electron chi connectivity index (χ0n) is 17.7. The van der Waals surface area contributed by atoms with Crippen LogP contribution >= 0.6 is 11.6 Å². The van der Waals surface area contributed by atoms with Gasteiger partial charge in [0.1, 0.15) is 11.3 Å². The quantitative estimate of drug-likeness (QED) is 0.668. The molecule has 2 amide bonds. The summed E-state index contributed by atoms with van der Waals surface area (Å²) in [5.41, 5.74) is 2.63. The number of piperazine rings is 1. The fourth-order valence-electron chi connectivity index (χ4n) is 4.00. The molecule has 2 aromatic rings. The van der Waals surface area contributed by atoms with Gasteiger partial charge >= 0.3 is 0 Å². The normalized spacial score (nSPS) is 19.4. The van der Waals surface area contributed by atoms with Crippen LogP contribution in [0.25, 0.3) is 6.08 Å². The Morgan fingerprint density at radius 3 is 2.55 bits per heavy atom. The molecule has 1 atom stereocenters. The number of halogens is 1. The molecule has 1 aromatic carbocycles. The molecule has 1 unspecified atom stereocenters. The third-order valence-electron chi connectivity index (χ3n) is 5.79. The third kappa shape index (κ3) is 4.99. The summed E-state index contributed by atoms with van der Waals surface area (Å²) in [6, 6.07) is 9.98. The molecule has 31 heavy (non-hydrogen) atoms. The first-order valence-electron chi connectivity index (χ1n) is 10.7. The molecule has 3 heterocycles. The molecule has 4 rings (SSSR count). The van der Waals surface area contributed by atoms with E-state index >= 15 is 0 Å². The standard InChI is InChI=1S/C23H27ClN4O3/c1-17-19(22(24)28(25-17)16-18-6-3-2-4-7-18)9-10-21(29)26-11-13-27(14-12-26)23(30)20-8-5-15-31-20/h2-4,6-7,9-10,20H,5,8,11-16H2,1H3. The van der Waals surface area contributed by atoms with Crippen LogP contribution in [0.3, 0.4) is 0 Å². The van der Waals surface area contributed by atoms with Gasteiger partial charge in [-0.15, -0.1) is 0 Å². The summed E-state index contributed by atoms with van der Waals surface area (Å²) >= 11 is 6.53. The minimum absolute atomic E-state index is 0.0494. The fraction of sp³-hybridized carbons (Fsp3) is 0.435. The third-order valence-corrected chi connectivity index (χ3v) is 6.18. The van der Waals surface area contributed by atoms with Crippen molar-refractivity contribution in [3.05, 3.63) is 58.4 Å². The summed E-state index contributed by atoms with van der Waals surface area (Å²) < 4.78 is 7.23. The Bertz CT molecular complexity index is 959. The number of nitrogens with zero attached hydrogens (tertiary/aromatic N) is 4. The number of carbonyl (C=O) groups excluding carboxylic acids is 2. The number of rotatable bonds is 5. The van der Waals surface area contributed by atoms with E-state index in [9.17, 15) is 9.59 Å². The van der Waals surface area contributed by atoms with E-state index in [0.29, 0.717) is 44.5 Å². The first-order chi connectivity index (χ1) is 15.0. The maximum absolute atomic E-state index is 12.7. The van der Waals surface area contributed by atoms with E-state index in [1.165, 1.54) is 0 Å². The number of aryl methyl sites for hydroxylation is 1. The Morgan fingerprint density at radius 1 is 1.16 bits per heavy atom. The van der Waals surface area contributed by atoms with Crippen LogP contribution in [0.1, 0.15) is 29.7 Å². The van der Waals surface area contributed by atoms with Crippen LogP contribution in [0, 0.1) is 6.92 Å². The van der Waals surface area contributed by atoms with E-state index in [1.807, 2.05) is 37.3 Å². The van der Waals surface area contributed by atoms with Crippen molar-refractivity contribution in [2.75, 3.05) is 32.8 Å². The van der Waals surface area contributed by atoms with Gasteiger partial charge in [0.25, 0.3) is 5.91 Å². The molecule has 164 valence electrons. The van der Waals surface area contributed by atoms with Crippen LogP contribution in [0.2, 0.25) is 5.15 Å². The van der Waals surface area contributed by atoms with Crippen molar-refractivity contribution >= 4 is 29.5 Å². The number of hydrogen-bond donors (Lipinski definition) is 0. The predicted molar refractivity (Wildman–Crippen MR) is 119 cm³/mol. The van der Waals surface area contributed by atoms with Gasteiger partial charge < -0.3 is 14.5 Å². The molecule has 2 saturated heterocycles. The van der Waals surface area contributed by atoms with E-state index in [2.05, 4.69) is 5.10 Å².